The van der Waals surface area contributed by atoms with Gasteiger partial charge in [0.05, 0.1) is 5.56 Å². The molecule has 0 radical (unpaired) electrons. The van der Waals surface area contributed by atoms with Crippen LogP contribution in [0, 0.1) is 12.8 Å². The summed E-state index contributed by atoms with van der Waals surface area (Å²) in [5, 5.41) is 0. The number of ether oxygens (including phenoxy) is 1. The minimum atomic E-state index is -3.07. The summed E-state index contributed by atoms with van der Waals surface area (Å²) in [4.78, 5) is 12.2. The first-order chi connectivity index (χ1) is 9.90. The number of hydrogen-bond donors (Lipinski definition) is 1. The first kappa shape index (κ1) is 16.0. The molecule has 0 N–H and O–H groups in total. The Morgan fingerprint density at radius 1 is 1.19 bits per heavy atom. The lowest BCUT2D eigenvalue weighted by atomic mass is 9.86. The molecule has 1 aromatic rings. The van der Waals surface area contributed by atoms with E-state index in [9.17, 15) is 13.2 Å². The van der Waals surface area contributed by atoms with Crippen molar-refractivity contribution in [1.82, 2.24) is 0 Å². The summed E-state index contributed by atoms with van der Waals surface area (Å²) in [5.41, 5.74) is 1.43. The van der Waals surface area contributed by atoms with Crippen molar-refractivity contribution in [3.05, 3.63) is 35.4 Å². The number of carbonyl (C=O) groups is 1. The molecule has 5 nitrogen and oxygen atoms in total. The van der Waals surface area contributed by atoms with Gasteiger partial charge in [0.1, 0.15) is 0 Å². The molecule has 1 fully saturated rings. The fourth-order valence-electron chi connectivity index (χ4n) is 2.47. The fraction of sp³-hybridized carbons (Fsp3) is 0.533. The topological polar surface area (TPSA) is 69.7 Å². The van der Waals surface area contributed by atoms with E-state index >= 15 is 0 Å². The van der Waals surface area contributed by atoms with Gasteiger partial charge in [-0.25, -0.2) is 17.4 Å². The molecule has 6 heteroatoms. The fourth-order valence-corrected chi connectivity index (χ4v) is 2.96. The van der Waals surface area contributed by atoms with Gasteiger partial charge in [-0.1, -0.05) is 24.6 Å². The quantitative estimate of drug-likeness (QED) is 0.526. The van der Waals surface area contributed by atoms with E-state index in [1.807, 2.05) is 6.92 Å². The van der Waals surface area contributed by atoms with Crippen molar-refractivity contribution in [3.63, 3.8) is 0 Å². The molecule has 0 aromatic heterocycles. The van der Waals surface area contributed by atoms with Gasteiger partial charge in [-0.05, 0) is 37.8 Å². The van der Waals surface area contributed by atoms with Gasteiger partial charge in [-0.3, -0.25) is 0 Å². The number of benzene rings is 1. The molecule has 116 valence electrons. The zero-order chi connectivity index (χ0) is 15.5. The Labute approximate surface area is 126 Å². The first-order valence-electron chi connectivity index (χ1n) is 7.04. The van der Waals surface area contributed by atoms with Crippen LogP contribution in [-0.4, -0.2) is 20.2 Å². The molecular weight excluding hydrogens is 292 g/mol. The molecule has 0 unspecified atom stereocenters. The van der Waals surface area contributed by atoms with Gasteiger partial charge >= 0.3 is 5.97 Å². The summed E-state index contributed by atoms with van der Waals surface area (Å²) in [6.07, 6.45) is 2.33. The standard InChI is InChI=1S/C15H20O5S/c1-11-3-5-13(6-4-11)14(16)19-15(20-21(17)18)9-7-12(2)8-10-15/h3-6,12,21H,7-10H2,1-2H3. The van der Waals surface area contributed by atoms with Crippen LogP contribution in [0.4, 0.5) is 0 Å². The first-order valence-corrected chi connectivity index (χ1v) is 8.13. The molecule has 0 aliphatic heterocycles. The monoisotopic (exact) mass is 312 g/mol. The predicted molar refractivity (Wildman–Crippen MR) is 78.4 cm³/mol. The van der Waals surface area contributed by atoms with Crippen LogP contribution in [-0.2, 0) is 19.9 Å². The Balaban J connectivity index is 2.14. The molecular formula is C15H20O5S. The number of hydrogen-bond acceptors (Lipinski definition) is 5. The van der Waals surface area contributed by atoms with Crippen molar-refractivity contribution in [1.29, 1.82) is 0 Å². The predicted octanol–water partition coefficient (Wildman–Crippen LogP) is 2.60. The van der Waals surface area contributed by atoms with E-state index < -0.39 is 22.7 Å². The lowest BCUT2D eigenvalue weighted by Crippen LogP contribution is -2.41. The highest BCUT2D eigenvalue weighted by Gasteiger charge is 2.40. The number of aryl methyl sites for hydroxylation is 1. The maximum atomic E-state index is 12.2. The SMILES string of the molecule is Cc1ccc(C(=O)OC2(O[SH](=O)=O)CCC(C)CC2)cc1. The molecule has 0 bridgehead atoms. The highest BCUT2D eigenvalue weighted by molar-refractivity contribution is 7.67. The van der Waals surface area contributed by atoms with E-state index in [2.05, 4.69) is 6.92 Å². The normalized spacial score (nSPS) is 25.8. The van der Waals surface area contributed by atoms with E-state index in [0.29, 0.717) is 24.3 Å². The van der Waals surface area contributed by atoms with E-state index in [-0.39, 0.29) is 0 Å². The summed E-state index contributed by atoms with van der Waals surface area (Å²) in [7, 11) is -3.07. The largest absolute Gasteiger partial charge is 0.428 e. The summed E-state index contributed by atoms with van der Waals surface area (Å²) in [5.74, 6) is -1.42. The van der Waals surface area contributed by atoms with Gasteiger partial charge in [0.2, 0.25) is 5.79 Å². The lowest BCUT2D eigenvalue weighted by molar-refractivity contribution is -0.163. The Morgan fingerprint density at radius 3 is 2.29 bits per heavy atom. The minimum Gasteiger partial charge on any atom is -0.428 e. The van der Waals surface area contributed by atoms with E-state index in [1.165, 1.54) is 0 Å². The van der Waals surface area contributed by atoms with Crippen LogP contribution in [0.5, 0.6) is 0 Å². The van der Waals surface area contributed by atoms with Crippen LogP contribution in [0.2, 0.25) is 0 Å². The van der Waals surface area contributed by atoms with Crippen molar-refractivity contribution in [3.8, 4) is 0 Å². The summed E-state index contributed by atoms with van der Waals surface area (Å²) in [6.45, 7) is 4.01. The second-order valence-corrected chi connectivity index (χ2v) is 6.29. The van der Waals surface area contributed by atoms with E-state index in [1.54, 1.807) is 24.3 Å². The molecule has 0 atom stereocenters. The van der Waals surface area contributed by atoms with Crippen molar-refractivity contribution < 1.29 is 22.1 Å². The Kier molecular flexibility index (Phi) is 5.00. The summed E-state index contributed by atoms with van der Waals surface area (Å²) < 4.78 is 32.3. The van der Waals surface area contributed by atoms with Crippen LogP contribution in [0.3, 0.4) is 0 Å². The smallest absolute Gasteiger partial charge is 0.340 e. The number of thiol groups is 1. The molecule has 21 heavy (non-hydrogen) atoms. The summed E-state index contributed by atoms with van der Waals surface area (Å²) >= 11 is 0. The molecule has 0 saturated heterocycles. The highest BCUT2D eigenvalue weighted by atomic mass is 32.2. The molecule has 0 amide bonds. The summed E-state index contributed by atoms with van der Waals surface area (Å²) in [6, 6.07) is 6.93. The Hall–Kier alpha value is -1.40. The maximum Gasteiger partial charge on any atom is 0.340 e. The number of rotatable bonds is 4. The van der Waals surface area contributed by atoms with Crippen molar-refractivity contribution in [2.75, 3.05) is 0 Å². The van der Waals surface area contributed by atoms with Crippen LogP contribution < -0.4 is 0 Å². The molecule has 1 saturated carbocycles. The van der Waals surface area contributed by atoms with Crippen molar-refractivity contribution in [2.45, 2.75) is 45.3 Å². The molecule has 0 spiro atoms. The average molecular weight is 312 g/mol. The van der Waals surface area contributed by atoms with Crippen LogP contribution in [0.15, 0.2) is 24.3 Å². The zero-order valence-corrected chi connectivity index (χ0v) is 13.1. The Morgan fingerprint density at radius 2 is 1.76 bits per heavy atom. The molecule has 1 aliphatic rings. The minimum absolute atomic E-state index is 0.392. The third kappa shape index (κ3) is 4.28. The van der Waals surface area contributed by atoms with E-state index in [0.717, 1.165) is 18.4 Å². The van der Waals surface area contributed by atoms with Gasteiger partial charge in [0, 0.05) is 12.8 Å². The second kappa shape index (κ2) is 6.58. The highest BCUT2D eigenvalue weighted by Crippen LogP contribution is 2.36. The number of carbonyl (C=O) groups excluding carboxylic acids is 1. The van der Waals surface area contributed by atoms with Crippen LogP contribution in [0.1, 0.15) is 48.5 Å². The average Bonchev–Trinajstić information content (AvgIpc) is 2.42. The van der Waals surface area contributed by atoms with Gasteiger partial charge in [-0.15, -0.1) is 0 Å². The van der Waals surface area contributed by atoms with Crippen molar-refractivity contribution >= 4 is 17.0 Å². The second-order valence-electron chi connectivity index (χ2n) is 5.66. The molecule has 1 aromatic carbocycles. The van der Waals surface area contributed by atoms with Crippen LogP contribution >= 0.6 is 0 Å². The van der Waals surface area contributed by atoms with Crippen molar-refractivity contribution in [2.24, 2.45) is 5.92 Å². The molecule has 1 aliphatic carbocycles. The third-order valence-electron chi connectivity index (χ3n) is 3.84. The zero-order valence-electron chi connectivity index (χ0n) is 12.2. The van der Waals surface area contributed by atoms with E-state index in [4.69, 9.17) is 8.92 Å². The Bertz CT molecular complexity index is 560. The van der Waals surface area contributed by atoms with Gasteiger partial charge in [-0.2, -0.15) is 0 Å². The molecule has 0 heterocycles. The molecule has 2 rings (SSSR count). The third-order valence-corrected chi connectivity index (χ3v) is 4.32. The van der Waals surface area contributed by atoms with Crippen LogP contribution in [0.25, 0.3) is 0 Å². The van der Waals surface area contributed by atoms with Gasteiger partial charge < -0.3 is 4.74 Å². The van der Waals surface area contributed by atoms with Gasteiger partial charge in [0.25, 0.3) is 11.0 Å². The lowest BCUT2D eigenvalue weighted by Gasteiger charge is -2.36. The van der Waals surface area contributed by atoms with Gasteiger partial charge in [0.15, 0.2) is 0 Å². The maximum absolute atomic E-state index is 12.2. The number of esters is 1.